The monoisotopic (exact) mass is 270 g/mol. The molecule has 19 heavy (non-hydrogen) atoms. The van der Waals surface area contributed by atoms with Crippen LogP contribution in [0.4, 0.5) is 5.69 Å². The number of para-hydroxylation sites is 1. The smallest absolute Gasteiger partial charge is 0.284 e. The van der Waals surface area contributed by atoms with Crippen LogP contribution in [0.15, 0.2) is 58.5 Å². The van der Waals surface area contributed by atoms with Crippen molar-refractivity contribution in [1.29, 1.82) is 0 Å². The summed E-state index contributed by atoms with van der Waals surface area (Å²) < 4.78 is 5.24. The van der Waals surface area contributed by atoms with Gasteiger partial charge in [-0.3, -0.25) is 4.79 Å². The molecule has 2 aromatic heterocycles. The van der Waals surface area contributed by atoms with Crippen LogP contribution < -0.4 is 5.32 Å². The minimum atomic E-state index is -0.214. The fourth-order valence-corrected chi connectivity index (χ4v) is 2.32. The predicted octanol–water partition coefficient (Wildman–Crippen LogP) is 3.66. The van der Waals surface area contributed by atoms with Crippen molar-refractivity contribution in [1.82, 2.24) is 4.98 Å². The minimum Gasteiger partial charge on any atom is -0.463 e. The zero-order valence-corrected chi connectivity index (χ0v) is 10.7. The number of thiazole rings is 1. The molecule has 2 heterocycles. The lowest BCUT2D eigenvalue weighted by Gasteiger charge is -2.01. The highest BCUT2D eigenvalue weighted by atomic mass is 32.1. The van der Waals surface area contributed by atoms with Crippen molar-refractivity contribution in [2.45, 2.75) is 0 Å². The average molecular weight is 270 g/mol. The van der Waals surface area contributed by atoms with Crippen molar-refractivity contribution in [2.24, 2.45) is 0 Å². The maximum Gasteiger partial charge on any atom is 0.284 e. The fraction of sp³-hybridized carbons (Fsp3) is 0. The Bertz CT molecular complexity index is 675. The first-order valence-electron chi connectivity index (χ1n) is 5.69. The summed E-state index contributed by atoms with van der Waals surface area (Å²) in [4.78, 5) is 16.3. The number of carbonyl (C=O) groups is 1. The number of nitrogens with one attached hydrogen (secondary N) is 1. The lowest BCUT2D eigenvalue weighted by molar-refractivity contribution is 0.102. The van der Waals surface area contributed by atoms with Gasteiger partial charge >= 0.3 is 0 Å². The second-order valence-corrected chi connectivity index (χ2v) is 4.69. The summed E-state index contributed by atoms with van der Waals surface area (Å²) in [6, 6.07) is 12.9. The molecule has 0 aliphatic rings. The molecule has 1 N–H and O–H groups in total. The van der Waals surface area contributed by atoms with Gasteiger partial charge in [0.2, 0.25) is 0 Å². The largest absolute Gasteiger partial charge is 0.463 e. The van der Waals surface area contributed by atoms with E-state index in [9.17, 15) is 4.79 Å². The van der Waals surface area contributed by atoms with Crippen LogP contribution in [-0.2, 0) is 0 Å². The van der Waals surface area contributed by atoms with Crippen molar-refractivity contribution in [2.75, 3.05) is 5.32 Å². The Kier molecular flexibility index (Phi) is 3.12. The van der Waals surface area contributed by atoms with E-state index in [1.165, 1.54) is 11.3 Å². The van der Waals surface area contributed by atoms with Gasteiger partial charge in [-0.2, -0.15) is 0 Å². The van der Waals surface area contributed by atoms with Gasteiger partial charge in [-0.1, -0.05) is 18.2 Å². The van der Waals surface area contributed by atoms with Gasteiger partial charge in [-0.25, -0.2) is 4.98 Å². The van der Waals surface area contributed by atoms with E-state index in [0.717, 1.165) is 5.69 Å². The number of benzene rings is 1. The van der Waals surface area contributed by atoms with E-state index >= 15 is 0 Å². The highest BCUT2D eigenvalue weighted by molar-refractivity contribution is 7.12. The standard InChI is InChI=1S/C14H10N2O2S/c17-13(15-10-5-2-1-3-6-10)14-16-11(9-19-14)12-7-4-8-18-12/h1-9H,(H,15,17). The molecule has 0 unspecified atom stereocenters. The van der Waals surface area contributed by atoms with Crippen LogP contribution in [0.5, 0.6) is 0 Å². The van der Waals surface area contributed by atoms with E-state index < -0.39 is 0 Å². The first-order valence-corrected chi connectivity index (χ1v) is 6.57. The average Bonchev–Trinajstić information content (AvgIpc) is 3.11. The summed E-state index contributed by atoms with van der Waals surface area (Å²) in [7, 11) is 0. The molecule has 0 aliphatic heterocycles. The lowest BCUT2D eigenvalue weighted by atomic mass is 10.3. The molecular weight excluding hydrogens is 260 g/mol. The summed E-state index contributed by atoms with van der Waals surface area (Å²) in [6.07, 6.45) is 1.58. The molecule has 0 spiro atoms. The number of hydrogen-bond donors (Lipinski definition) is 1. The molecule has 94 valence electrons. The predicted molar refractivity (Wildman–Crippen MR) is 74.2 cm³/mol. The van der Waals surface area contributed by atoms with Crippen LogP contribution in [0.3, 0.4) is 0 Å². The van der Waals surface area contributed by atoms with Crippen LogP contribution >= 0.6 is 11.3 Å². The topological polar surface area (TPSA) is 55.1 Å². The third-order valence-electron chi connectivity index (χ3n) is 2.50. The number of nitrogens with zero attached hydrogens (tertiary/aromatic N) is 1. The Hall–Kier alpha value is -2.40. The summed E-state index contributed by atoms with van der Waals surface area (Å²) >= 11 is 1.29. The van der Waals surface area contributed by atoms with Crippen LogP contribution in [0.2, 0.25) is 0 Å². The van der Waals surface area contributed by atoms with Crippen molar-refractivity contribution in [3.8, 4) is 11.5 Å². The van der Waals surface area contributed by atoms with Crippen molar-refractivity contribution in [3.63, 3.8) is 0 Å². The highest BCUT2D eigenvalue weighted by Gasteiger charge is 2.13. The zero-order chi connectivity index (χ0) is 13.1. The Morgan fingerprint density at radius 2 is 2.00 bits per heavy atom. The van der Waals surface area contributed by atoms with Gasteiger partial charge < -0.3 is 9.73 Å². The second kappa shape index (κ2) is 5.07. The molecule has 0 aliphatic carbocycles. The second-order valence-electron chi connectivity index (χ2n) is 3.84. The Balaban J connectivity index is 1.78. The van der Waals surface area contributed by atoms with E-state index in [-0.39, 0.29) is 5.91 Å². The van der Waals surface area contributed by atoms with Crippen molar-refractivity contribution < 1.29 is 9.21 Å². The van der Waals surface area contributed by atoms with Gasteiger partial charge in [0.1, 0.15) is 5.69 Å². The normalized spacial score (nSPS) is 10.3. The summed E-state index contributed by atoms with van der Waals surface area (Å²) in [5.74, 6) is 0.448. The number of anilines is 1. The van der Waals surface area contributed by atoms with Gasteiger partial charge in [-0.15, -0.1) is 11.3 Å². The van der Waals surface area contributed by atoms with Gasteiger partial charge in [0, 0.05) is 11.1 Å². The molecule has 4 nitrogen and oxygen atoms in total. The van der Waals surface area contributed by atoms with Crippen molar-refractivity contribution in [3.05, 3.63) is 59.1 Å². The molecule has 1 amide bonds. The number of rotatable bonds is 3. The van der Waals surface area contributed by atoms with Crippen LogP contribution in [0, 0.1) is 0 Å². The number of aromatic nitrogens is 1. The zero-order valence-electron chi connectivity index (χ0n) is 9.87. The highest BCUT2D eigenvalue weighted by Crippen LogP contribution is 2.22. The lowest BCUT2D eigenvalue weighted by Crippen LogP contribution is -2.11. The Morgan fingerprint density at radius 3 is 2.74 bits per heavy atom. The van der Waals surface area contributed by atoms with E-state index in [2.05, 4.69) is 10.3 Å². The first-order chi connectivity index (χ1) is 9.33. The Morgan fingerprint density at radius 1 is 1.16 bits per heavy atom. The third-order valence-corrected chi connectivity index (χ3v) is 3.34. The number of amides is 1. The maximum atomic E-state index is 12.0. The maximum absolute atomic E-state index is 12.0. The molecule has 1 aromatic carbocycles. The van der Waals surface area contributed by atoms with Gasteiger partial charge in [0.25, 0.3) is 5.91 Å². The van der Waals surface area contributed by atoms with E-state index in [1.54, 1.807) is 17.7 Å². The molecule has 5 heteroatoms. The summed E-state index contributed by atoms with van der Waals surface area (Å²) in [5, 5.41) is 5.01. The van der Waals surface area contributed by atoms with Crippen LogP contribution in [0.1, 0.15) is 9.80 Å². The minimum absolute atomic E-state index is 0.214. The third kappa shape index (κ3) is 2.56. The molecule has 0 radical (unpaired) electrons. The fourth-order valence-electron chi connectivity index (χ4n) is 1.62. The first kappa shape index (κ1) is 11.7. The molecule has 3 aromatic rings. The van der Waals surface area contributed by atoms with Gasteiger partial charge in [0.05, 0.1) is 6.26 Å². The number of hydrogen-bond acceptors (Lipinski definition) is 4. The molecule has 0 bridgehead atoms. The summed E-state index contributed by atoms with van der Waals surface area (Å²) in [6.45, 7) is 0. The number of furan rings is 1. The molecule has 3 rings (SSSR count). The van der Waals surface area contributed by atoms with Crippen LogP contribution in [-0.4, -0.2) is 10.9 Å². The SMILES string of the molecule is O=C(Nc1ccccc1)c1nc(-c2ccco2)cs1. The van der Waals surface area contributed by atoms with E-state index in [0.29, 0.717) is 16.5 Å². The van der Waals surface area contributed by atoms with Crippen molar-refractivity contribution >= 4 is 22.9 Å². The molecular formula is C14H10N2O2S. The Labute approximate surface area is 113 Å². The summed E-state index contributed by atoms with van der Waals surface area (Å²) in [5.41, 5.74) is 1.43. The molecule has 0 atom stereocenters. The number of carbonyl (C=O) groups excluding carboxylic acids is 1. The van der Waals surface area contributed by atoms with E-state index in [4.69, 9.17) is 4.42 Å². The van der Waals surface area contributed by atoms with E-state index in [1.807, 2.05) is 36.4 Å². The molecule has 0 fully saturated rings. The quantitative estimate of drug-likeness (QED) is 0.790. The molecule has 0 saturated carbocycles. The van der Waals surface area contributed by atoms with Gasteiger partial charge in [0.15, 0.2) is 10.8 Å². The van der Waals surface area contributed by atoms with Gasteiger partial charge in [-0.05, 0) is 24.3 Å². The van der Waals surface area contributed by atoms with Crippen LogP contribution in [0.25, 0.3) is 11.5 Å². The molecule has 0 saturated heterocycles.